The summed E-state index contributed by atoms with van der Waals surface area (Å²) >= 11 is 3.42. The second-order valence-electron chi connectivity index (χ2n) is 3.28. The Morgan fingerprint density at radius 3 is 2.62 bits per heavy atom. The Morgan fingerprint density at radius 2 is 2.08 bits per heavy atom. The van der Waals surface area contributed by atoms with E-state index in [-0.39, 0.29) is 5.78 Å². The number of ketones is 1. The number of aryl methyl sites for hydroxylation is 1. The zero-order valence-corrected chi connectivity index (χ0v) is 9.52. The number of carbonyl (C=O) groups is 1. The van der Waals surface area contributed by atoms with Gasteiger partial charge in [-0.25, -0.2) is 0 Å². The number of rotatable bonds is 3. The van der Waals surface area contributed by atoms with Crippen molar-refractivity contribution in [2.75, 3.05) is 0 Å². The summed E-state index contributed by atoms with van der Waals surface area (Å²) in [6, 6.07) is 6.20. The molecule has 0 fully saturated rings. The summed E-state index contributed by atoms with van der Waals surface area (Å²) in [5.41, 5.74) is 3.59. The third-order valence-electron chi connectivity index (χ3n) is 1.95. The van der Waals surface area contributed by atoms with E-state index in [1.807, 2.05) is 12.1 Å². The van der Waals surface area contributed by atoms with Gasteiger partial charge in [0.1, 0.15) is 5.78 Å². The molecule has 70 valence electrons. The molecule has 13 heavy (non-hydrogen) atoms. The van der Waals surface area contributed by atoms with E-state index in [9.17, 15) is 4.79 Å². The van der Waals surface area contributed by atoms with Gasteiger partial charge in [0.15, 0.2) is 0 Å². The van der Waals surface area contributed by atoms with Crippen molar-refractivity contribution in [3.05, 3.63) is 34.9 Å². The number of benzene rings is 1. The number of hydrogen-bond acceptors (Lipinski definition) is 1. The van der Waals surface area contributed by atoms with Crippen LogP contribution in [0.25, 0.3) is 0 Å². The molecule has 2 heteroatoms. The summed E-state index contributed by atoms with van der Waals surface area (Å²) in [6.07, 6.45) is 0.543. The van der Waals surface area contributed by atoms with E-state index in [0.717, 1.165) is 10.9 Å². The molecule has 0 atom stereocenters. The summed E-state index contributed by atoms with van der Waals surface area (Å²) < 4.78 is 0. The highest BCUT2D eigenvalue weighted by atomic mass is 79.9. The Kier molecular flexibility index (Phi) is 3.67. The van der Waals surface area contributed by atoms with Gasteiger partial charge in [-0.2, -0.15) is 0 Å². The van der Waals surface area contributed by atoms with Gasteiger partial charge >= 0.3 is 0 Å². The highest BCUT2D eigenvalue weighted by Gasteiger charge is 2.03. The minimum atomic E-state index is 0.214. The largest absolute Gasteiger partial charge is 0.300 e. The number of Topliss-reactive ketones (excluding diaryl/α,β-unsaturated/α-hetero) is 1. The molecular formula is C11H13BrO. The van der Waals surface area contributed by atoms with E-state index in [1.54, 1.807) is 6.92 Å². The van der Waals surface area contributed by atoms with Crippen LogP contribution in [0.4, 0.5) is 0 Å². The summed E-state index contributed by atoms with van der Waals surface area (Å²) in [5.74, 6) is 0.214. The maximum Gasteiger partial charge on any atom is 0.134 e. The number of hydrogen-bond donors (Lipinski definition) is 0. The fourth-order valence-corrected chi connectivity index (χ4v) is 1.84. The number of alkyl halides is 1. The van der Waals surface area contributed by atoms with Crippen LogP contribution in [0.1, 0.15) is 23.6 Å². The van der Waals surface area contributed by atoms with Crippen molar-refractivity contribution in [1.82, 2.24) is 0 Å². The predicted octanol–water partition coefficient (Wildman–Crippen LogP) is 3.02. The Hall–Kier alpha value is -0.630. The van der Waals surface area contributed by atoms with Crippen LogP contribution in [0.15, 0.2) is 18.2 Å². The lowest BCUT2D eigenvalue weighted by molar-refractivity contribution is -0.116. The maximum atomic E-state index is 11.0. The fourth-order valence-electron chi connectivity index (χ4n) is 1.32. The number of carbonyl (C=O) groups excluding carboxylic acids is 1. The lowest BCUT2D eigenvalue weighted by Gasteiger charge is -2.06. The molecule has 0 N–H and O–H groups in total. The van der Waals surface area contributed by atoms with Gasteiger partial charge in [0.2, 0.25) is 0 Å². The van der Waals surface area contributed by atoms with Crippen molar-refractivity contribution in [3.8, 4) is 0 Å². The lowest BCUT2D eigenvalue weighted by atomic mass is 10.0. The molecule has 1 rings (SSSR count). The molecule has 0 amide bonds. The Morgan fingerprint density at radius 1 is 1.38 bits per heavy atom. The predicted molar refractivity (Wildman–Crippen MR) is 58.2 cm³/mol. The third kappa shape index (κ3) is 2.96. The van der Waals surface area contributed by atoms with Gasteiger partial charge in [-0.15, -0.1) is 0 Å². The van der Waals surface area contributed by atoms with Gasteiger partial charge in [-0.3, -0.25) is 4.79 Å². The molecular weight excluding hydrogens is 228 g/mol. The van der Waals surface area contributed by atoms with Crippen LogP contribution in [0.5, 0.6) is 0 Å². The van der Waals surface area contributed by atoms with E-state index in [4.69, 9.17) is 0 Å². The minimum Gasteiger partial charge on any atom is -0.300 e. The van der Waals surface area contributed by atoms with Crippen LogP contribution in [0.2, 0.25) is 0 Å². The van der Waals surface area contributed by atoms with Crippen molar-refractivity contribution in [3.63, 3.8) is 0 Å². The molecule has 1 nitrogen and oxygen atoms in total. The molecule has 0 aliphatic heterocycles. The smallest absolute Gasteiger partial charge is 0.134 e. The zero-order valence-electron chi connectivity index (χ0n) is 7.93. The maximum absolute atomic E-state index is 11.0. The Bertz CT molecular complexity index is 318. The SMILES string of the molecule is CC(=O)Cc1ccc(C)cc1CBr. The standard InChI is InChI=1S/C11H13BrO/c1-8-3-4-10(6-9(2)13)11(5-8)7-12/h3-5H,6-7H2,1-2H3. The second-order valence-corrected chi connectivity index (χ2v) is 3.85. The van der Waals surface area contributed by atoms with Gasteiger partial charge in [-0.05, 0) is 25.0 Å². The van der Waals surface area contributed by atoms with Crippen molar-refractivity contribution in [2.45, 2.75) is 25.6 Å². The van der Waals surface area contributed by atoms with Gasteiger partial charge < -0.3 is 0 Å². The molecule has 0 bridgehead atoms. The first-order chi connectivity index (χ1) is 6.13. The van der Waals surface area contributed by atoms with E-state index >= 15 is 0 Å². The highest BCUT2D eigenvalue weighted by Crippen LogP contribution is 2.15. The van der Waals surface area contributed by atoms with Crippen LogP contribution >= 0.6 is 15.9 Å². The molecule has 0 heterocycles. The summed E-state index contributed by atoms with van der Waals surface area (Å²) in [4.78, 5) is 11.0. The van der Waals surface area contributed by atoms with Gasteiger partial charge in [0.25, 0.3) is 0 Å². The molecule has 0 aliphatic carbocycles. The van der Waals surface area contributed by atoms with Crippen LogP contribution < -0.4 is 0 Å². The molecule has 0 aliphatic rings. The summed E-state index contributed by atoms with van der Waals surface area (Å²) in [6.45, 7) is 3.68. The molecule has 0 radical (unpaired) electrons. The third-order valence-corrected chi connectivity index (χ3v) is 2.55. The quantitative estimate of drug-likeness (QED) is 0.743. The van der Waals surface area contributed by atoms with Crippen molar-refractivity contribution in [2.24, 2.45) is 0 Å². The first-order valence-electron chi connectivity index (χ1n) is 4.27. The number of halogens is 1. The van der Waals surface area contributed by atoms with Crippen LogP contribution in [0.3, 0.4) is 0 Å². The van der Waals surface area contributed by atoms with Gasteiger partial charge in [0, 0.05) is 11.8 Å². The Labute approximate surface area is 87.3 Å². The van der Waals surface area contributed by atoms with Crippen LogP contribution in [0, 0.1) is 6.92 Å². The van der Waals surface area contributed by atoms with E-state index in [2.05, 4.69) is 28.9 Å². The molecule has 0 unspecified atom stereocenters. The zero-order chi connectivity index (χ0) is 9.84. The molecule has 1 aromatic carbocycles. The highest BCUT2D eigenvalue weighted by molar-refractivity contribution is 9.08. The first kappa shape index (κ1) is 10.5. The average molecular weight is 241 g/mol. The van der Waals surface area contributed by atoms with Crippen molar-refractivity contribution in [1.29, 1.82) is 0 Å². The monoisotopic (exact) mass is 240 g/mol. The Balaban J connectivity index is 2.99. The van der Waals surface area contributed by atoms with E-state index in [0.29, 0.717) is 6.42 Å². The molecule has 0 aromatic heterocycles. The molecule has 0 spiro atoms. The minimum absolute atomic E-state index is 0.214. The van der Waals surface area contributed by atoms with E-state index < -0.39 is 0 Å². The lowest BCUT2D eigenvalue weighted by Crippen LogP contribution is -2.00. The summed E-state index contributed by atoms with van der Waals surface area (Å²) in [5, 5.41) is 0.817. The normalized spacial score (nSPS) is 10.1. The molecule has 1 aromatic rings. The average Bonchev–Trinajstić information content (AvgIpc) is 2.07. The van der Waals surface area contributed by atoms with Crippen LogP contribution in [-0.2, 0) is 16.5 Å². The molecule has 0 saturated heterocycles. The summed E-state index contributed by atoms with van der Waals surface area (Å²) in [7, 11) is 0. The molecule has 0 saturated carbocycles. The van der Waals surface area contributed by atoms with Gasteiger partial charge in [-0.1, -0.05) is 39.7 Å². The first-order valence-corrected chi connectivity index (χ1v) is 5.39. The second kappa shape index (κ2) is 4.56. The van der Waals surface area contributed by atoms with Crippen molar-refractivity contribution >= 4 is 21.7 Å². The van der Waals surface area contributed by atoms with Gasteiger partial charge in [0.05, 0.1) is 0 Å². The fraction of sp³-hybridized carbons (Fsp3) is 0.364. The topological polar surface area (TPSA) is 17.1 Å². The van der Waals surface area contributed by atoms with E-state index in [1.165, 1.54) is 11.1 Å². The van der Waals surface area contributed by atoms with Crippen LogP contribution in [-0.4, -0.2) is 5.78 Å². The van der Waals surface area contributed by atoms with Crippen molar-refractivity contribution < 1.29 is 4.79 Å².